The summed E-state index contributed by atoms with van der Waals surface area (Å²) in [6, 6.07) is 5.12. The number of carbonyl (C=O) groups is 2. The van der Waals surface area contributed by atoms with Crippen LogP contribution in [0.25, 0.3) is 0 Å². The van der Waals surface area contributed by atoms with Crippen LogP contribution in [0.5, 0.6) is 22.3 Å². The van der Waals surface area contributed by atoms with E-state index in [1.165, 1.54) is 7.11 Å². The summed E-state index contributed by atoms with van der Waals surface area (Å²) in [4.78, 5) is 28.0. The molecule has 160 valence electrons. The molecular weight excluding hydrogens is 406 g/mol. The van der Waals surface area contributed by atoms with Gasteiger partial charge >= 0.3 is 5.97 Å². The summed E-state index contributed by atoms with van der Waals surface area (Å²) in [5.74, 6) is 0.979. The van der Waals surface area contributed by atoms with Crippen LogP contribution in [-0.2, 0) is 11.2 Å². The first-order chi connectivity index (χ1) is 14.4. The predicted octanol–water partition coefficient (Wildman–Crippen LogP) is 4.31. The zero-order valence-electron chi connectivity index (χ0n) is 17.7. The van der Waals surface area contributed by atoms with Crippen molar-refractivity contribution in [3.8, 4) is 22.3 Å². The first-order valence-electron chi connectivity index (χ1n) is 9.54. The van der Waals surface area contributed by atoms with Crippen molar-refractivity contribution in [2.45, 2.75) is 19.8 Å². The SMILES string of the molecule is CCOC(=O)c1sc(Oc2ccc(OC)c(OC)c2)c2c1CCC(=CN(C)C)C2=O. The Balaban J connectivity index is 2.06. The highest BCUT2D eigenvalue weighted by molar-refractivity contribution is 7.16. The van der Waals surface area contributed by atoms with E-state index in [1.807, 2.05) is 25.2 Å². The van der Waals surface area contributed by atoms with Crippen molar-refractivity contribution in [3.05, 3.63) is 46.0 Å². The third-order valence-electron chi connectivity index (χ3n) is 4.58. The Morgan fingerprint density at radius 2 is 1.90 bits per heavy atom. The molecule has 0 aliphatic heterocycles. The Kier molecular flexibility index (Phi) is 6.66. The fourth-order valence-electron chi connectivity index (χ4n) is 3.30. The molecule has 1 aromatic heterocycles. The van der Waals surface area contributed by atoms with Gasteiger partial charge in [-0.05, 0) is 37.5 Å². The fourth-order valence-corrected chi connectivity index (χ4v) is 4.41. The van der Waals surface area contributed by atoms with E-state index >= 15 is 0 Å². The van der Waals surface area contributed by atoms with Crippen LogP contribution in [0, 0.1) is 0 Å². The maximum atomic E-state index is 13.2. The van der Waals surface area contributed by atoms with Crippen molar-refractivity contribution < 1.29 is 28.5 Å². The number of esters is 1. The van der Waals surface area contributed by atoms with Gasteiger partial charge < -0.3 is 23.8 Å². The molecule has 0 amide bonds. The van der Waals surface area contributed by atoms with Gasteiger partial charge in [0.2, 0.25) is 0 Å². The Morgan fingerprint density at radius 1 is 1.17 bits per heavy atom. The van der Waals surface area contributed by atoms with Gasteiger partial charge in [0.1, 0.15) is 10.6 Å². The average molecular weight is 432 g/mol. The second-order valence-electron chi connectivity index (χ2n) is 6.86. The van der Waals surface area contributed by atoms with Crippen LogP contribution in [0.1, 0.15) is 38.9 Å². The highest BCUT2D eigenvalue weighted by atomic mass is 32.1. The van der Waals surface area contributed by atoms with Crippen molar-refractivity contribution >= 4 is 23.1 Å². The van der Waals surface area contributed by atoms with E-state index in [0.717, 1.165) is 11.3 Å². The molecule has 1 aromatic carbocycles. The molecule has 0 bridgehead atoms. The molecule has 30 heavy (non-hydrogen) atoms. The number of thiophene rings is 1. The Morgan fingerprint density at radius 3 is 2.53 bits per heavy atom. The Hall–Kier alpha value is -3.00. The van der Waals surface area contributed by atoms with Gasteiger partial charge in [-0.15, -0.1) is 0 Å². The minimum atomic E-state index is -0.436. The number of nitrogens with zero attached hydrogens (tertiary/aromatic N) is 1. The number of hydrogen-bond acceptors (Lipinski definition) is 8. The minimum Gasteiger partial charge on any atom is -0.493 e. The standard InChI is InChI=1S/C22H25NO6S/c1-6-28-21(25)20-15-9-7-13(12-23(2)3)19(24)18(15)22(30-20)29-14-8-10-16(26-4)17(11-14)27-5/h8,10-12H,6-7,9H2,1-5H3. The summed E-state index contributed by atoms with van der Waals surface area (Å²) in [6.45, 7) is 2.01. The molecule has 0 N–H and O–H groups in total. The fraction of sp³-hybridized carbons (Fsp3) is 0.364. The zero-order valence-corrected chi connectivity index (χ0v) is 18.6. The van der Waals surface area contributed by atoms with Crippen LogP contribution < -0.4 is 14.2 Å². The molecule has 0 unspecified atom stereocenters. The second kappa shape index (κ2) is 9.21. The molecule has 1 heterocycles. The molecular formula is C22H25NO6S. The molecule has 2 aromatic rings. The van der Waals surface area contributed by atoms with E-state index in [4.69, 9.17) is 18.9 Å². The lowest BCUT2D eigenvalue weighted by molar-refractivity contribution is 0.0531. The number of rotatable bonds is 7. The highest BCUT2D eigenvalue weighted by Crippen LogP contribution is 2.44. The lowest BCUT2D eigenvalue weighted by Crippen LogP contribution is -2.18. The van der Waals surface area contributed by atoms with Crippen LogP contribution in [0.4, 0.5) is 0 Å². The Bertz CT molecular complexity index is 992. The number of fused-ring (bicyclic) bond motifs is 1. The molecule has 1 aliphatic carbocycles. The van der Waals surface area contributed by atoms with Gasteiger partial charge in [0.05, 0.1) is 26.4 Å². The maximum absolute atomic E-state index is 13.2. The summed E-state index contributed by atoms with van der Waals surface area (Å²) in [7, 11) is 6.83. The van der Waals surface area contributed by atoms with Crippen LogP contribution in [0.3, 0.4) is 0 Å². The molecule has 7 nitrogen and oxygen atoms in total. The first-order valence-corrected chi connectivity index (χ1v) is 10.4. The molecule has 3 rings (SSSR count). The molecule has 0 atom stereocenters. The number of ether oxygens (including phenoxy) is 4. The smallest absolute Gasteiger partial charge is 0.348 e. The molecule has 8 heteroatoms. The number of allylic oxidation sites excluding steroid dienone is 1. The van der Waals surface area contributed by atoms with Crippen molar-refractivity contribution in [1.29, 1.82) is 0 Å². The van der Waals surface area contributed by atoms with E-state index in [1.54, 1.807) is 32.2 Å². The average Bonchev–Trinajstić information content (AvgIpc) is 3.09. The van der Waals surface area contributed by atoms with Crippen molar-refractivity contribution in [2.75, 3.05) is 34.9 Å². The number of benzene rings is 1. The second-order valence-corrected chi connectivity index (χ2v) is 7.84. The number of hydrogen-bond donors (Lipinski definition) is 0. The minimum absolute atomic E-state index is 0.132. The van der Waals surface area contributed by atoms with E-state index in [2.05, 4.69) is 0 Å². The number of methoxy groups -OCH3 is 2. The zero-order chi connectivity index (χ0) is 21.8. The van der Waals surface area contributed by atoms with Gasteiger partial charge in [0, 0.05) is 31.9 Å². The van der Waals surface area contributed by atoms with Crippen LogP contribution in [0.2, 0.25) is 0 Å². The molecule has 0 radical (unpaired) electrons. The topological polar surface area (TPSA) is 74.3 Å². The quantitative estimate of drug-likeness (QED) is 0.478. The lowest BCUT2D eigenvalue weighted by atomic mass is 9.88. The third-order valence-corrected chi connectivity index (χ3v) is 5.67. The van der Waals surface area contributed by atoms with Crippen molar-refractivity contribution in [3.63, 3.8) is 0 Å². The van der Waals surface area contributed by atoms with E-state index in [-0.39, 0.29) is 12.4 Å². The lowest BCUT2D eigenvalue weighted by Gasteiger charge is -2.18. The normalized spacial score (nSPS) is 14.3. The van der Waals surface area contributed by atoms with Gasteiger partial charge in [-0.2, -0.15) is 0 Å². The highest BCUT2D eigenvalue weighted by Gasteiger charge is 2.34. The number of ketones is 1. The first kappa shape index (κ1) is 21.7. The van der Waals surface area contributed by atoms with Crippen LogP contribution >= 0.6 is 11.3 Å². The largest absolute Gasteiger partial charge is 0.493 e. The van der Waals surface area contributed by atoms with Gasteiger partial charge in [-0.25, -0.2) is 4.79 Å². The molecule has 0 saturated heterocycles. The molecule has 0 saturated carbocycles. The van der Waals surface area contributed by atoms with Gasteiger partial charge in [0.15, 0.2) is 22.3 Å². The maximum Gasteiger partial charge on any atom is 0.348 e. The van der Waals surface area contributed by atoms with Crippen molar-refractivity contribution in [2.24, 2.45) is 0 Å². The molecule has 1 aliphatic rings. The van der Waals surface area contributed by atoms with Gasteiger partial charge in [0.25, 0.3) is 0 Å². The van der Waals surface area contributed by atoms with Crippen molar-refractivity contribution in [1.82, 2.24) is 4.90 Å². The van der Waals surface area contributed by atoms with Crippen LogP contribution in [-0.4, -0.2) is 51.6 Å². The van der Waals surface area contributed by atoms with Gasteiger partial charge in [-0.1, -0.05) is 11.3 Å². The summed E-state index contributed by atoms with van der Waals surface area (Å²) in [6.07, 6.45) is 2.94. The number of Topliss-reactive ketones (excluding diaryl/α,β-unsaturated/α-hetero) is 1. The predicted molar refractivity (Wildman–Crippen MR) is 114 cm³/mol. The number of carbonyl (C=O) groups excluding carboxylic acids is 2. The molecule has 0 spiro atoms. The Labute approximate surface area is 179 Å². The van der Waals surface area contributed by atoms with Gasteiger partial charge in [-0.3, -0.25) is 4.79 Å². The summed E-state index contributed by atoms with van der Waals surface area (Å²) in [5.41, 5.74) is 1.80. The van der Waals surface area contributed by atoms with E-state index in [0.29, 0.717) is 56.7 Å². The van der Waals surface area contributed by atoms with Crippen LogP contribution in [0.15, 0.2) is 30.0 Å². The summed E-state index contributed by atoms with van der Waals surface area (Å²) in [5, 5.41) is 0.370. The van der Waals surface area contributed by atoms with E-state index < -0.39 is 5.97 Å². The monoisotopic (exact) mass is 431 g/mol. The van der Waals surface area contributed by atoms with E-state index in [9.17, 15) is 9.59 Å². The molecule has 0 fully saturated rings. The summed E-state index contributed by atoms with van der Waals surface area (Å²) >= 11 is 1.14. The third kappa shape index (κ3) is 4.28. The summed E-state index contributed by atoms with van der Waals surface area (Å²) < 4.78 is 21.8.